The number of imidazole rings is 2. The van der Waals surface area contributed by atoms with Crippen LogP contribution in [0.5, 0.6) is 5.75 Å². The normalized spacial score (nSPS) is 19.2. The fraction of sp³-hybridized carbons (Fsp3) is 0.385. The molecule has 3 aliphatic heterocycles. The number of ether oxygens (including phenoxy) is 3. The Bertz CT molecular complexity index is 2540. The number of halogens is 3. The first-order valence-corrected chi connectivity index (χ1v) is 22.9. The van der Waals surface area contributed by atoms with Gasteiger partial charge in [0.15, 0.2) is 6.29 Å². The van der Waals surface area contributed by atoms with Crippen LogP contribution in [0.15, 0.2) is 121 Å². The number of nitrogens with zero attached hydrogens (tertiary/aromatic N) is 4. The Balaban J connectivity index is 0.000000165. The summed E-state index contributed by atoms with van der Waals surface area (Å²) in [6, 6.07) is 37.9. The topological polar surface area (TPSA) is 104 Å². The summed E-state index contributed by atoms with van der Waals surface area (Å²) >= 11 is 0. The molecule has 0 bridgehead atoms. The zero-order chi connectivity index (χ0) is 44.8. The van der Waals surface area contributed by atoms with E-state index in [0.717, 1.165) is 152 Å². The maximum absolute atomic E-state index is 13.0. The van der Waals surface area contributed by atoms with E-state index in [0.29, 0.717) is 6.04 Å². The number of aromatic amines is 2. The number of rotatable bonds is 11. The number of hydrogen-bond donors (Lipinski definition) is 3. The van der Waals surface area contributed by atoms with Gasteiger partial charge in [-0.25, -0.2) is 9.97 Å². The molecule has 3 aliphatic rings. The predicted octanol–water partition coefficient (Wildman–Crippen LogP) is 10.7. The van der Waals surface area contributed by atoms with E-state index in [-0.39, 0.29) is 18.4 Å². The van der Waals surface area contributed by atoms with Crippen LogP contribution in [0.4, 0.5) is 13.2 Å². The Morgan fingerprint density at radius 3 is 1.95 bits per heavy atom. The molecule has 340 valence electrons. The van der Waals surface area contributed by atoms with E-state index >= 15 is 0 Å². The van der Waals surface area contributed by atoms with Gasteiger partial charge in [-0.2, -0.15) is 13.2 Å². The summed E-state index contributed by atoms with van der Waals surface area (Å²) in [6.45, 7) is 4.97. The van der Waals surface area contributed by atoms with E-state index in [2.05, 4.69) is 69.5 Å². The Hall–Kier alpha value is -5.57. The lowest BCUT2D eigenvalue weighted by Gasteiger charge is -2.32. The molecule has 5 aromatic carbocycles. The van der Waals surface area contributed by atoms with Gasteiger partial charge in [-0.3, -0.25) is 0 Å². The summed E-state index contributed by atoms with van der Waals surface area (Å²) < 4.78 is 57.5. The largest absolute Gasteiger partial charge is 0.465 e. The number of piperidine rings is 2. The minimum atomic E-state index is -4.35. The highest BCUT2D eigenvalue weighted by Gasteiger charge is 2.31. The fourth-order valence-corrected chi connectivity index (χ4v) is 9.02. The minimum absolute atomic E-state index is 0.0170. The van der Waals surface area contributed by atoms with Gasteiger partial charge in [-0.15, -0.1) is 0 Å². The molecule has 10 rings (SSSR count). The quantitative estimate of drug-likeness (QED) is 0.118. The zero-order valence-electron chi connectivity index (χ0n) is 37.1. The maximum Gasteiger partial charge on any atom is 0.416 e. The van der Waals surface area contributed by atoms with Gasteiger partial charge in [0.05, 0.1) is 46.4 Å². The highest BCUT2D eigenvalue weighted by Crippen LogP contribution is 2.35. The molecule has 3 N–H and O–H groups in total. The van der Waals surface area contributed by atoms with Crippen LogP contribution in [0.3, 0.4) is 0 Å². The molecule has 2 aromatic heterocycles. The number of likely N-dealkylation sites (tertiary alicyclic amines) is 2. The van der Waals surface area contributed by atoms with Crippen LogP contribution in [-0.2, 0) is 15.7 Å². The van der Waals surface area contributed by atoms with Gasteiger partial charge >= 0.3 is 6.18 Å². The number of aromatic nitrogens is 4. The standard InChI is InChI=1S/C27H26F3N3O.C25H32N4O2/c1-33-15-13-22(14-16-33)34-25(26-31-23-7-2-3-8-24(23)32-26)20-6-4-5-19(17-20)18-9-11-21(12-10-18)27(28,29)30;1-29-14-12-19(13-15-29)26-24(25-27-21-9-2-3-10-22(21)28-25)18-7-6-8-20(17-18)31-23-11-4-5-16-30-23/h2-12,17,22,25H,13-16H2,1H3,(H,31,32);2-3,6-10,17,19,23-24,26H,4-5,11-16H2,1H3,(H,27,28). The molecular weight excluding hydrogens is 828 g/mol. The highest BCUT2D eigenvalue weighted by molar-refractivity contribution is 5.76. The van der Waals surface area contributed by atoms with Gasteiger partial charge in [0.1, 0.15) is 23.5 Å². The average molecular weight is 886 g/mol. The molecule has 0 radical (unpaired) electrons. The van der Waals surface area contributed by atoms with Gasteiger partial charge in [-0.1, -0.05) is 66.7 Å². The number of para-hydroxylation sites is 4. The van der Waals surface area contributed by atoms with Crippen molar-refractivity contribution in [3.63, 3.8) is 0 Å². The molecule has 65 heavy (non-hydrogen) atoms. The van der Waals surface area contributed by atoms with E-state index < -0.39 is 17.8 Å². The Labute approximate surface area is 378 Å². The first kappa shape index (κ1) is 44.6. The monoisotopic (exact) mass is 885 g/mol. The molecule has 13 heteroatoms. The summed E-state index contributed by atoms with van der Waals surface area (Å²) in [5, 5.41) is 3.89. The molecule has 0 spiro atoms. The maximum atomic E-state index is 13.0. The second-order valence-corrected chi connectivity index (χ2v) is 17.7. The van der Waals surface area contributed by atoms with Crippen molar-refractivity contribution >= 4 is 22.1 Å². The number of nitrogens with one attached hydrogen (secondary N) is 3. The predicted molar refractivity (Wildman–Crippen MR) is 249 cm³/mol. The molecule has 5 heterocycles. The summed E-state index contributed by atoms with van der Waals surface area (Å²) in [4.78, 5) is 21.4. The third-order valence-corrected chi connectivity index (χ3v) is 12.8. The lowest BCUT2D eigenvalue weighted by atomic mass is 9.99. The van der Waals surface area contributed by atoms with E-state index in [4.69, 9.17) is 24.2 Å². The molecule has 3 saturated heterocycles. The van der Waals surface area contributed by atoms with E-state index in [1.54, 1.807) is 0 Å². The van der Waals surface area contributed by atoms with Crippen LogP contribution >= 0.6 is 0 Å². The Kier molecular flexibility index (Phi) is 13.9. The molecule has 3 unspecified atom stereocenters. The first-order valence-electron chi connectivity index (χ1n) is 22.9. The fourth-order valence-electron chi connectivity index (χ4n) is 9.02. The SMILES string of the molecule is CN1CCC(NC(c2cccc(OC3CCCCO3)c2)c2nc3ccccc3[nH]2)CC1.CN1CCC(OC(c2cccc(-c3ccc(C(F)(F)F)cc3)c2)c2nc3ccccc3[nH]2)CC1. The molecule has 3 atom stereocenters. The molecule has 10 nitrogen and oxygen atoms in total. The molecule has 0 saturated carbocycles. The second-order valence-electron chi connectivity index (χ2n) is 17.7. The lowest BCUT2D eigenvalue weighted by molar-refractivity contribution is -0.137. The highest BCUT2D eigenvalue weighted by atomic mass is 19.4. The van der Waals surface area contributed by atoms with Crippen LogP contribution < -0.4 is 10.1 Å². The van der Waals surface area contributed by atoms with Gasteiger partial charge in [-0.05, 0) is 143 Å². The molecular formula is C52H58F3N7O3. The number of H-pyrrole nitrogens is 2. The van der Waals surface area contributed by atoms with Crippen molar-refractivity contribution in [3.05, 3.63) is 150 Å². The Morgan fingerprint density at radius 2 is 1.29 bits per heavy atom. The first-order chi connectivity index (χ1) is 31.6. The van der Waals surface area contributed by atoms with E-state index in [1.165, 1.54) is 12.1 Å². The van der Waals surface area contributed by atoms with Gasteiger partial charge in [0.2, 0.25) is 0 Å². The van der Waals surface area contributed by atoms with Crippen LogP contribution in [0, 0.1) is 0 Å². The van der Waals surface area contributed by atoms with Crippen molar-refractivity contribution < 1.29 is 27.4 Å². The molecule has 3 fully saturated rings. The van der Waals surface area contributed by atoms with Crippen molar-refractivity contribution in [3.8, 4) is 16.9 Å². The average Bonchev–Trinajstić information content (AvgIpc) is 3.97. The number of alkyl halides is 3. The van der Waals surface area contributed by atoms with Crippen LogP contribution in [-0.4, -0.2) is 95.1 Å². The summed E-state index contributed by atoms with van der Waals surface area (Å²) in [6.07, 6.45) is 2.57. The second kappa shape index (κ2) is 20.3. The van der Waals surface area contributed by atoms with E-state index in [9.17, 15) is 13.2 Å². The van der Waals surface area contributed by atoms with Gasteiger partial charge in [0, 0.05) is 25.6 Å². The van der Waals surface area contributed by atoms with Crippen LogP contribution in [0.2, 0.25) is 0 Å². The van der Waals surface area contributed by atoms with Gasteiger partial charge < -0.3 is 39.3 Å². The zero-order valence-corrected chi connectivity index (χ0v) is 37.1. The smallest absolute Gasteiger partial charge is 0.416 e. The third kappa shape index (κ3) is 11.3. The summed E-state index contributed by atoms with van der Waals surface area (Å²) in [7, 11) is 4.31. The third-order valence-electron chi connectivity index (χ3n) is 12.8. The molecule has 7 aromatic rings. The van der Waals surface area contributed by atoms with E-state index in [1.807, 2.05) is 66.7 Å². The Morgan fingerprint density at radius 1 is 0.662 bits per heavy atom. The van der Waals surface area contributed by atoms with Crippen molar-refractivity contribution in [2.75, 3.05) is 46.9 Å². The number of hydrogen-bond acceptors (Lipinski definition) is 8. The minimum Gasteiger partial charge on any atom is -0.465 e. The van der Waals surface area contributed by atoms with Crippen molar-refractivity contribution in [1.29, 1.82) is 0 Å². The van der Waals surface area contributed by atoms with Crippen molar-refractivity contribution in [1.82, 2.24) is 35.1 Å². The molecule has 0 aliphatic carbocycles. The van der Waals surface area contributed by atoms with Crippen LogP contribution in [0.25, 0.3) is 33.2 Å². The van der Waals surface area contributed by atoms with Crippen LogP contribution in [0.1, 0.15) is 85.4 Å². The van der Waals surface area contributed by atoms with Gasteiger partial charge in [0.25, 0.3) is 0 Å². The number of fused-ring (bicyclic) bond motifs is 2. The lowest BCUT2D eigenvalue weighted by Crippen LogP contribution is -2.42. The van der Waals surface area contributed by atoms with Crippen molar-refractivity contribution in [2.24, 2.45) is 0 Å². The summed E-state index contributed by atoms with van der Waals surface area (Å²) in [5.74, 6) is 2.53. The molecule has 0 amide bonds. The van der Waals surface area contributed by atoms with Crippen molar-refractivity contribution in [2.45, 2.75) is 81.7 Å². The number of benzene rings is 5. The summed E-state index contributed by atoms with van der Waals surface area (Å²) in [5.41, 5.74) is 6.84.